The first kappa shape index (κ1) is 21.0. The van der Waals surface area contributed by atoms with Crippen molar-refractivity contribution in [1.82, 2.24) is 19.4 Å². The quantitative estimate of drug-likeness (QED) is 0.456. The molecule has 2 aromatic carbocycles. The molecule has 7 nitrogen and oxygen atoms in total. The normalized spacial score (nSPS) is 26.9. The summed E-state index contributed by atoms with van der Waals surface area (Å²) >= 11 is 0. The minimum atomic E-state index is -3.13. The van der Waals surface area contributed by atoms with Crippen LogP contribution in [0.1, 0.15) is 76.1 Å². The number of hydrogen-bond acceptors (Lipinski definition) is 4. The van der Waals surface area contributed by atoms with Crippen LogP contribution >= 0.6 is 0 Å². The van der Waals surface area contributed by atoms with E-state index in [1.54, 1.807) is 6.07 Å². The Balaban J connectivity index is 1.31. The molecule has 2 bridgehead atoms. The molecule has 1 aliphatic carbocycles. The Morgan fingerprint density at radius 1 is 1.26 bits per heavy atom. The highest BCUT2D eigenvalue weighted by molar-refractivity contribution is 5.98. The molecule has 2 amide bonds. The molecule has 39 heavy (non-hydrogen) atoms. The van der Waals surface area contributed by atoms with E-state index in [-0.39, 0.29) is 40.5 Å². The molecule has 4 aliphatic rings. The minimum Gasteiger partial charge on any atom is -0.434 e. The summed E-state index contributed by atoms with van der Waals surface area (Å²) in [5, 5.41) is 0. The van der Waals surface area contributed by atoms with Crippen molar-refractivity contribution in [1.29, 1.82) is 0 Å². The average Bonchev–Trinajstić information content (AvgIpc) is 3.51. The summed E-state index contributed by atoms with van der Waals surface area (Å²) in [6.07, 6.45) is 2.87. The fraction of sp³-hybridized carbons (Fsp3) is 0.433. The Morgan fingerprint density at radius 3 is 2.87 bits per heavy atom. The Bertz CT molecular complexity index is 1710. The highest BCUT2D eigenvalue weighted by atomic mass is 19.3. The second-order valence-corrected chi connectivity index (χ2v) is 11.2. The van der Waals surface area contributed by atoms with Gasteiger partial charge in [-0.1, -0.05) is 17.9 Å². The van der Waals surface area contributed by atoms with Crippen molar-refractivity contribution >= 4 is 22.8 Å². The zero-order chi connectivity index (χ0) is 29.6. The van der Waals surface area contributed by atoms with E-state index in [1.165, 1.54) is 18.2 Å². The van der Waals surface area contributed by atoms with Gasteiger partial charge in [-0.15, -0.1) is 0 Å². The number of hydrogen-bond donors (Lipinski definition) is 0. The lowest BCUT2D eigenvalue weighted by atomic mass is 9.90. The van der Waals surface area contributed by atoms with Crippen LogP contribution in [0.4, 0.5) is 8.78 Å². The number of benzene rings is 2. The molecule has 4 heterocycles. The van der Waals surface area contributed by atoms with Gasteiger partial charge in [-0.2, -0.15) is 8.78 Å². The maximum atomic E-state index is 13.6. The van der Waals surface area contributed by atoms with Gasteiger partial charge in [-0.3, -0.25) is 9.59 Å². The standard InChI is InChI=1S/C30H28F2N4O3/c1-30(12-13-35(16-30)27(37)18-7-8-18)11-10-17-6-9-20-21(14-17)36-22-15-23(26(36)33-20)34(2)28(38)19-4-3-5-24(25(19)22)39-29(31)32/h3-6,9,14,18,22-23,29H,7-8,12-13,15-16H2,1-2H3/t22-,23-,30?/m1/s1/i2D3. The maximum Gasteiger partial charge on any atom is 0.387 e. The number of alkyl halides is 2. The lowest BCUT2D eigenvalue weighted by molar-refractivity contribution is -0.131. The number of amides is 2. The van der Waals surface area contributed by atoms with Crippen molar-refractivity contribution in [3.63, 3.8) is 0 Å². The highest BCUT2D eigenvalue weighted by Gasteiger charge is 2.45. The van der Waals surface area contributed by atoms with Gasteiger partial charge in [0, 0.05) is 58.6 Å². The molecule has 1 saturated carbocycles. The van der Waals surface area contributed by atoms with Gasteiger partial charge in [0.25, 0.3) is 5.91 Å². The molecule has 1 aromatic heterocycles. The summed E-state index contributed by atoms with van der Waals surface area (Å²) in [4.78, 5) is 33.6. The van der Waals surface area contributed by atoms with Crippen LogP contribution in [0, 0.1) is 23.2 Å². The van der Waals surface area contributed by atoms with Crippen LogP contribution in [0.15, 0.2) is 36.4 Å². The van der Waals surface area contributed by atoms with E-state index in [9.17, 15) is 18.4 Å². The molecule has 1 unspecified atom stereocenters. The molecule has 2 fully saturated rings. The number of aromatic nitrogens is 2. The molecular weight excluding hydrogens is 502 g/mol. The van der Waals surface area contributed by atoms with Gasteiger partial charge in [0.15, 0.2) is 0 Å². The van der Waals surface area contributed by atoms with Gasteiger partial charge < -0.3 is 19.1 Å². The van der Waals surface area contributed by atoms with Gasteiger partial charge >= 0.3 is 6.61 Å². The van der Waals surface area contributed by atoms with Crippen molar-refractivity contribution in [3.8, 4) is 17.6 Å². The molecule has 0 radical (unpaired) electrons. The molecule has 0 N–H and O–H groups in total. The predicted molar refractivity (Wildman–Crippen MR) is 139 cm³/mol. The fourth-order valence-electron chi connectivity index (χ4n) is 6.25. The molecule has 3 aliphatic heterocycles. The summed E-state index contributed by atoms with van der Waals surface area (Å²) < 4.78 is 58.0. The lowest BCUT2D eigenvalue weighted by Crippen LogP contribution is -2.31. The summed E-state index contributed by atoms with van der Waals surface area (Å²) in [7, 11) is 0. The van der Waals surface area contributed by atoms with Gasteiger partial charge in [0.05, 0.1) is 23.1 Å². The van der Waals surface area contributed by atoms with Crippen molar-refractivity contribution in [2.75, 3.05) is 20.1 Å². The van der Waals surface area contributed by atoms with Crippen LogP contribution in [0.3, 0.4) is 0 Å². The summed E-state index contributed by atoms with van der Waals surface area (Å²) in [5.41, 5.74) is 1.83. The van der Waals surface area contributed by atoms with E-state index in [1.807, 2.05) is 21.6 Å². The Kier molecular flexibility index (Phi) is 4.59. The average molecular weight is 534 g/mol. The summed E-state index contributed by atoms with van der Waals surface area (Å²) in [6, 6.07) is 8.16. The van der Waals surface area contributed by atoms with Crippen molar-refractivity contribution in [3.05, 3.63) is 58.9 Å². The van der Waals surface area contributed by atoms with E-state index >= 15 is 0 Å². The van der Waals surface area contributed by atoms with Gasteiger partial charge in [0.1, 0.15) is 11.6 Å². The SMILES string of the molecule is [2H]C([2H])([2H])N1C(=O)c2cccc(OC(F)F)c2[C@H]2C[C@@H]1c1nc3ccc(C#CC4(C)CCN(C(=O)C5CC5)C4)cc3n12. The van der Waals surface area contributed by atoms with Crippen LogP contribution in [0.25, 0.3) is 11.0 Å². The van der Waals surface area contributed by atoms with Crippen LogP contribution in [-0.4, -0.2) is 57.8 Å². The fourth-order valence-corrected chi connectivity index (χ4v) is 6.25. The molecular formula is C30H28F2N4O3. The molecule has 3 atom stereocenters. The number of nitrogens with zero attached hydrogens (tertiary/aromatic N) is 4. The molecule has 1 saturated heterocycles. The lowest BCUT2D eigenvalue weighted by Gasteiger charge is -2.24. The molecule has 200 valence electrons. The van der Waals surface area contributed by atoms with E-state index in [2.05, 4.69) is 18.8 Å². The number of fused-ring (bicyclic) bond motifs is 9. The Labute approximate surface area is 228 Å². The first-order valence-electron chi connectivity index (χ1n) is 14.7. The third-order valence-corrected chi connectivity index (χ3v) is 8.37. The van der Waals surface area contributed by atoms with Crippen LogP contribution < -0.4 is 4.74 Å². The van der Waals surface area contributed by atoms with Crippen LogP contribution in [0.2, 0.25) is 0 Å². The van der Waals surface area contributed by atoms with E-state index in [4.69, 9.17) is 13.8 Å². The highest BCUT2D eigenvalue weighted by Crippen LogP contribution is 2.50. The number of halogens is 2. The number of imidazole rings is 1. The zero-order valence-electron chi connectivity index (χ0n) is 24.3. The number of rotatable bonds is 3. The predicted octanol–water partition coefficient (Wildman–Crippen LogP) is 4.76. The van der Waals surface area contributed by atoms with Crippen molar-refractivity contribution in [2.24, 2.45) is 11.3 Å². The minimum absolute atomic E-state index is 0.0136. The second kappa shape index (κ2) is 8.54. The maximum absolute atomic E-state index is 13.6. The van der Waals surface area contributed by atoms with E-state index in [0.717, 1.165) is 24.2 Å². The van der Waals surface area contributed by atoms with Crippen molar-refractivity contribution < 1.29 is 27.2 Å². The van der Waals surface area contributed by atoms with Gasteiger partial charge in [0.2, 0.25) is 5.91 Å². The molecule has 3 aromatic rings. The van der Waals surface area contributed by atoms with Crippen LogP contribution in [-0.2, 0) is 4.79 Å². The van der Waals surface area contributed by atoms with E-state index in [0.29, 0.717) is 35.5 Å². The molecule has 9 heteroatoms. The van der Waals surface area contributed by atoms with E-state index < -0.39 is 31.6 Å². The Morgan fingerprint density at radius 2 is 2.10 bits per heavy atom. The summed E-state index contributed by atoms with van der Waals surface area (Å²) in [6.45, 7) is -2.57. The largest absolute Gasteiger partial charge is 0.434 e. The van der Waals surface area contributed by atoms with Crippen LogP contribution in [0.5, 0.6) is 5.75 Å². The van der Waals surface area contributed by atoms with Gasteiger partial charge in [-0.05, 0) is 56.5 Å². The molecule has 0 spiro atoms. The monoisotopic (exact) mass is 533 g/mol. The topological polar surface area (TPSA) is 67.7 Å². The second-order valence-electron chi connectivity index (χ2n) is 11.2. The number of carbonyl (C=O) groups excluding carboxylic acids is 2. The number of ether oxygens (including phenoxy) is 1. The summed E-state index contributed by atoms with van der Waals surface area (Å²) in [5.74, 6) is 6.46. The first-order chi connectivity index (χ1) is 19.9. The third kappa shape index (κ3) is 3.88. The zero-order valence-corrected chi connectivity index (χ0v) is 21.3. The first-order valence-corrected chi connectivity index (χ1v) is 13.2. The molecule has 7 rings (SSSR count). The van der Waals surface area contributed by atoms with Crippen molar-refractivity contribution in [2.45, 2.75) is 51.3 Å². The number of carbonyl (C=O) groups is 2. The number of likely N-dealkylation sites (tertiary alicyclic amines) is 1. The van der Waals surface area contributed by atoms with Gasteiger partial charge in [-0.25, -0.2) is 4.98 Å². The Hall–Kier alpha value is -3.93. The third-order valence-electron chi connectivity index (χ3n) is 8.37. The smallest absolute Gasteiger partial charge is 0.387 e.